The highest BCUT2D eigenvalue weighted by Gasteiger charge is 2.50. The Labute approximate surface area is 148 Å². The van der Waals surface area contributed by atoms with E-state index >= 15 is 0 Å². The number of allylic oxidation sites excluding steroid dienone is 1. The molecule has 0 saturated heterocycles. The third kappa shape index (κ3) is 2.76. The number of esters is 1. The number of aromatic nitrogens is 1. The molecule has 0 amide bonds. The van der Waals surface area contributed by atoms with Crippen LogP contribution in [0.1, 0.15) is 62.0 Å². The lowest BCUT2D eigenvalue weighted by Gasteiger charge is -2.56. The lowest BCUT2D eigenvalue weighted by Crippen LogP contribution is -2.48. The van der Waals surface area contributed by atoms with Gasteiger partial charge in [0.15, 0.2) is 0 Å². The summed E-state index contributed by atoms with van der Waals surface area (Å²) in [7, 11) is 0. The molecule has 3 aliphatic carbocycles. The molecular formula is C21H27NO3. The first-order valence-electron chi connectivity index (χ1n) is 9.57. The Kier molecular flexibility index (Phi) is 4.09. The van der Waals surface area contributed by atoms with Gasteiger partial charge in [0.25, 0.3) is 5.56 Å². The molecular weight excluding hydrogens is 314 g/mol. The van der Waals surface area contributed by atoms with Crippen LogP contribution in [0.2, 0.25) is 0 Å². The number of ether oxygens (including phenoxy) is 1. The zero-order valence-corrected chi connectivity index (χ0v) is 15.2. The van der Waals surface area contributed by atoms with Crippen LogP contribution in [0.3, 0.4) is 0 Å². The maximum absolute atomic E-state index is 12.5. The fraction of sp³-hybridized carbons (Fsp3) is 0.619. The van der Waals surface area contributed by atoms with Crippen molar-refractivity contribution in [3.05, 3.63) is 45.4 Å². The first-order chi connectivity index (χ1) is 12.0. The van der Waals surface area contributed by atoms with Gasteiger partial charge in [-0.05, 0) is 55.4 Å². The molecule has 1 aliphatic heterocycles. The van der Waals surface area contributed by atoms with Crippen molar-refractivity contribution in [3.63, 3.8) is 0 Å². The average Bonchev–Trinajstić information content (AvgIpc) is 2.62. The normalized spacial score (nSPS) is 26.2. The monoisotopic (exact) mass is 341 g/mol. The molecule has 0 spiro atoms. The predicted octanol–water partition coefficient (Wildman–Crippen LogP) is 3.72. The van der Waals surface area contributed by atoms with Crippen LogP contribution in [0.4, 0.5) is 0 Å². The molecule has 0 unspecified atom stereocenters. The summed E-state index contributed by atoms with van der Waals surface area (Å²) < 4.78 is 7.31. The van der Waals surface area contributed by atoms with Crippen molar-refractivity contribution in [3.8, 4) is 0 Å². The molecule has 25 heavy (non-hydrogen) atoms. The smallest absolute Gasteiger partial charge is 0.339 e. The zero-order chi connectivity index (χ0) is 17.6. The van der Waals surface area contributed by atoms with Crippen molar-refractivity contribution in [2.75, 3.05) is 6.61 Å². The fourth-order valence-corrected chi connectivity index (χ4v) is 4.98. The van der Waals surface area contributed by atoms with Crippen molar-refractivity contribution < 1.29 is 9.53 Å². The molecule has 2 heterocycles. The van der Waals surface area contributed by atoms with E-state index in [1.807, 2.05) is 0 Å². The van der Waals surface area contributed by atoms with Gasteiger partial charge in [0, 0.05) is 24.7 Å². The second-order valence-electron chi connectivity index (χ2n) is 8.35. The van der Waals surface area contributed by atoms with E-state index in [2.05, 4.69) is 19.9 Å². The minimum atomic E-state index is -0.284. The van der Waals surface area contributed by atoms with Crippen molar-refractivity contribution in [2.24, 2.45) is 17.3 Å². The predicted molar refractivity (Wildman–Crippen MR) is 96.6 cm³/mol. The number of hydrogen-bond acceptors (Lipinski definition) is 3. The van der Waals surface area contributed by atoms with Crippen molar-refractivity contribution in [1.82, 2.24) is 4.57 Å². The second-order valence-corrected chi connectivity index (χ2v) is 8.35. The van der Waals surface area contributed by atoms with Crippen LogP contribution < -0.4 is 5.56 Å². The SMILES string of the molecule is CC1(C)[C@H]2CC=C(CCOC(=O)c3ccc(=O)n4c3CCCC4)[C@@H]1C2. The number of carbonyl (C=O) groups excluding carboxylic acids is 1. The van der Waals surface area contributed by atoms with Crippen LogP contribution in [0.15, 0.2) is 28.6 Å². The first-order valence-corrected chi connectivity index (χ1v) is 9.57. The maximum atomic E-state index is 12.5. The Balaban J connectivity index is 1.41. The van der Waals surface area contributed by atoms with Crippen LogP contribution in [0, 0.1) is 17.3 Å². The van der Waals surface area contributed by atoms with Crippen LogP contribution in [0.25, 0.3) is 0 Å². The molecule has 1 aromatic heterocycles. The molecule has 1 saturated carbocycles. The standard InChI is InChI=1S/C21H27NO3/c1-21(2)15-7-6-14(17(21)13-15)10-12-25-20(24)16-8-9-19(23)22-11-4-3-5-18(16)22/h6,8-9,15,17H,3-5,7,10-13H2,1-2H3/t15-,17-/m0/s1. The summed E-state index contributed by atoms with van der Waals surface area (Å²) in [5.74, 6) is 1.21. The largest absolute Gasteiger partial charge is 0.462 e. The highest BCUT2D eigenvalue weighted by atomic mass is 16.5. The summed E-state index contributed by atoms with van der Waals surface area (Å²) in [6.45, 7) is 5.86. The van der Waals surface area contributed by atoms with E-state index in [4.69, 9.17) is 4.74 Å². The Bertz CT molecular complexity index is 787. The highest BCUT2D eigenvalue weighted by Crippen LogP contribution is 2.59. The lowest BCUT2D eigenvalue weighted by molar-refractivity contribution is -0.0103. The summed E-state index contributed by atoms with van der Waals surface area (Å²) in [6, 6.07) is 3.13. The maximum Gasteiger partial charge on any atom is 0.339 e. The molecule has 0 aromatic carbocycles. The zero-order valence-electron chi connectivity index (χ0n) is 15.2. The van der Waals surface area contributed by atoms with Crippen LogP contribution in [-0.2, 0) is 17.7 Å². The van der Waals surface area contributed by atoms with Gasteiger partial charge in [-0.3, -0.25) is 4.79 Å². The Morgan fingerprint density at radius 3 is 2.92 bits per heavy atom. The minimum absolute atomic E-state index is 0.0135. The number of hydrogen-bond donors (Lipinski definition) is 0. The highest BCUT2D eigenvalue weighted by molar-refractivity contribution is 5.90. The molecule has 4 heteroatoms. The van der Waals surface area contributed by atoms with Gasteiger partial charge in [-0.25, -0.2) is 4.79 Å². The summed E-state index contributed by atoms with van der Waals surface area (Å²) in [5, 5.41) is 0. The Morgan fingerprint density at radius 1 is 1.32 bits per heavy atom. The number of nitrogens with zero attached hydrogens (tertiary/aromatic N) is 1. The number of pyridine rings is 1. The van der Waals surface area contributed by atoms with Gasteiger partial charge < -0.3 is 9.30 Å². The topological polar surface area (TPSA) is 48.3 Å². The third-order valence-electron chi connectivity index (χ3n) is 6.77. The van der Waals surface area contributed by atoms with Crippen LogP contribution in [0.5, 0.6) is 0 Å². The van der Waals surface area contributed by atoms with E-state index in [-0.39, 0.29) is 11.5 Å². The first kappa shape index (κ1) is 16.6. The lowest BCUT2D eigenvalue weighted by atomic mass is 9.48. The second kappa shape index (κ2) is 6.15. The van der Waals surface area contributed by atoms with E-state index < -0.39 is 0 Å². The minimum Gasteiger partial charge on any atom is -0.462 e. The van der Waals surface area contributed by atoms with E-state index in [1.165, 1.54) is 24.5 Å². The van der Waals surface area contributed by atoms with Gasteiger partial charge in [0.1, 0.15) is 0 Å². The number of carbonyl (C=O) groups is 1. The average molecular weight is 341 g/mol. The van der Waals surface area contributed by atoms with Crippen molar-refractivity contribution >= 4 is 5.97 Å². The third-order valence-corrected chi connectivity index (χ3v) is 6.77. The van der Waals surface area contributed by atoms with Crippen molar-refractivity contribution in [1.29, 1.82) is 0 Å². The molecule has 0 radical (unpaired) electrons. The number of rotatable bonds is 4. The summed E-state index contributed by atoms with van der Waals surface area (Å²) in [6.07, 6.45) is 8.46. The fourth-order valence-electron chi connectivity index (χ4n) is 4.98. The molecule has 5 rings (SSSR count). The molecule has 2 bridgehead atoms. The van der Waals surface area contributed by atoms with Gasteiger partial charge in [-0.15, -0.1) is 0 Å². The van der Waals surface area contributed by atoms with E-state index in [1.54, 1.807) is 10.6 Å². The van der Waals surface area contributed by atoms with Gasteiger partial charge >= 0.3 is 5.97 Å². The molecule has 0 N–H and O–H groups in total. The summed E-state index contributed by atoms with van der Waals surface area (Å²) in [5.41, 5.74) is 3.28. The molecule has 1 aromatic rings. The molecule has 134 valence electrons. The van der Waals surface area contributed by atoms with Gasteiger partial charge in [0.2, 0.25) is 0 Å². The number of fused-ring (bicyclic) bond motifs is 2. The van der Waals surface area contributed by atoms with Gasteiger partial charge in [0.05, 0.1) is 12.2 Å². The molecule has 1 fully saturated rings. The van der Waals surface area contributed by atoms with Crippen LogP contribution in [-0.4, -0.2) is 17.1 Å². The molecule has 4 nitrogen and oxygen atoms in total. The molecule has 2 atom stereocenters. The van der Waals surface area contributed by atoms with Crippen molar-refractivity contribution in [2.45, 2.75) is 58.9 Å². The quantitative estimate of drug-likeness (QED) is 0.619. The summed E-state index contributed by atoms with van der Waals surface area (Å²) >= 11 is 0. The van der Waals surface area contributed by atoms with Crippen LogP contribution >= 0.6 is 0 Å². The van der Waals surface area contributed by atoms with E-state index in [0.717, 1.165) is 37.3 Å². The van der Waals surface area contributed by atoms with Gasteiger partial charge in [-0.1, -0.05) is 25.5 Å². The summed E-state index contributed by atoms with van der Waals surface area (Å²) in [4.78, 5) is 24.5. The van der Waals surface area contributed by atoms with E-state index in [0.29, 0.717) is 30.0 Å². The van der Waals surface area contributed by atoms with E-state index in [9.17, 15) is 9.59 Å². The van der Waals surface area contributed by atoms with Gasteiger partial charge in [-0.2, -0.15) is 0 Å². The Morgan fingerprint density at radius 2 is 2.16 bits per heavy atom. The Hall–Kier alpha value is -1.84. The molecule has 4 aliphatic rings.